The van der Waals surface area contributed by atoms with Crippen LogP contribution in [0.4, 0.5) is 11.6 Å². The Labute approximate surface area is 123 Å². The Kier molecular flexibility index (Phi) is 4.84. The molecular formula is C15H18N4O2. The Balaban J connectivity index is 2.14. The number of hydrogen-bond donors (Lipinski definition) is 2. The number of nitrogen functional groups attached to an aromatic ring is 1. The van der Waals surface area contributed by atoms with Gasteiger partial charge >= 0.3 is 0 Å². The van der Waals surface area contributed by atoms with Gasteiger partial charge < -0.3 is 15.8 Å². The molecule has 3 N–H and O–H groups in total. The van der Waals surface area contributed by atoms with E-state index in [1.807, 2.05) is 6.92 Å². The smallest absolute Gasteiger partial charge is 0.198 e. The standard InChI is InChI=1S/C15H18N4O2/c1-10-7-12(15(16)19-8-10)14(20)11-3-4-13(18-9-11)17-5-6-21-2/h3-4,7-9H,5-6H2,1-2H3,(H2,16,19)(H,17,18). The number of pyridine rings is 2. The number of aryl methyl sites for hydroxylation is 1. The minimum atomic E-state index is -0.181. The van der Waals surface area contributed by atoms with Gasteiger partial charge in [0.2, 0.25) is 0 Å². The minimum Gasteiger partial charge on any atom is -0.383 e. The topological polar surface area (TPSA) is 90.1 Å². The van der Waals surface area contributed by atoms with Crippen molar-refractivity contribution in [1.82, 2.24) is 9.97 Å². The van der Waals surface area contributed by atoms with Gasteiger partial charge in [-0.25, -0.2) is 9.97 Å². The summed E-state index contributed by atoms with van der Waals surface area (Å²) in [6.45, 7) is 3.11. The van der Waals surface area contributed by atoms with Crippen LogP contribution in [0.1, 0.15) is 21.5 Å². The molecule has 2 aromatic rings. The molecule has 0 bridgehead atoms. The third-order valence-electron chi connectivity index (χ3n) is 2.94. The molecule has 0 aliphatic heterocycles. The predicted molar refractivity (Wildman–Crippen MR) is 81.4 cm³/mol. The van der Waals surface area contributed by atoms with Crippen LogP contribution >= 0.6 is 0 Å². The van der Waals surface area contributed by atoms with Crippen LogP contribution < -0.4 is 11.1 Å². The van der Waals surface area contributed by atoms with Crippen LogP contribution in [0.2, 0.25) is 0 Å². The maximum Gasteiger partial charge on any atom is 0.198 e. The van der Waals surface area contributed by atoms with Crippen LogP contribution in [0.5, 0.6) is 0 Å². The average molecular weight is 286 g/mol. The number of nitrogens with one attached hydrogen (secondary N) is 1. The van der Waals surface area contributed by atoms with Gasteiger partial charge in [0.15, 0.2) is 5.78 Å². The third-order valence-corrected chi connectivity index (χ3v) is 2.94. The van der Waals surface area contributed by atoms with E-state index in [1.54, 1.807) is 31.5 Å². The molecule has 0 aromatic carbocycles. The van der Waals surface area contributed by atoms with Crippen LogP contribution in [0.25, 0.3) is 0 Å². The summed E-state index contributed by atoms with van der Waals surface area (Å²) in [7, 11) is 1.64. The van der Waals surface area contributed by atoms with Crippen molar-refractivity contribution in [3.8, 4) is 0 Å². The Bertz CT molecular complexity index is 626. The van der Waals surface area contributed by atoms with Crippen LogP contribution in [-0.2, 0) is 4.74 Å². The van der Waals surface area contributed by atoms with Crippen LogP contribution in [0, 0.1) is 6.92 Å². The molecule has 0 fully saturated rings. The van der Waals surface area contributed by atoms with Crippen molar-refractivity contribution in [2.24, 2.45) is 0 Å². The molecule has 0 spiro atoms. The van der Waals surface area contributed by atoms with Crippen molar-refractivity contribution in [3.63, 3.8) is 0 Å². The van der Waals surface area contributed by atoms with Gasteiger partial charge in [-0.15, -0.1) is 0 Å². The summed E-state index contributed by atoms with van der Waals surface area (Å²) in [5.74, 6) is 0.742. The van der Waals surface area contributed by atoms with Crippen molar-refractivity contribution in [3.05, 3.63) is 47.3 Å². The molecule has 2 heterocycles. The fourth-order valence-corrected chi connectivity index (χ4v) is 1.83. The largest absolute Gasteiger partial charge is 0.383 e. The molecule has 6 heteroatoms. The summed E-state index contributed by atoms with van der Waals surface area (Å²) in [4.78, 5) is 20.6. The molecule has 0 saturated heterocycles. The van der Waals surface area contributed by atoms with Crippen molar-refractivity contribution < 1.29 is 9.53 Å². The second kappa shape index (κ2) is 6.81. The molecule has 2 aromatic heterocycles. The molecule has 0 saturated carbocycles. The average Bonchev–Trinajstić information content (AvgIpc) is 2.50. The summed E-state index contributed by atoms with van der Waals surface area (Å²) < 4.78 is 4.94. The number of methoxy groups -OCH3 is 1. The Hall–Kier alpha value is -2.47. The summed E-state index contributed by atoms with van der Waals surface area (Å²) in [5.41, 5.74) is 7.53. The number of nitrogens with zero attached hydrogens (tertiary/aromatic N) is 2. The summed E-state index contributed by atoms with van der Waals surface area (Å²) in [6, 6.07) is 5.20. The number of rotatable bonds is 6. The second-order valence-corrected chi connectivity index (χ2v) is 4.63. The molecule has 0 atom stereocenters. The van der Waals surface area contributed by atoms with Gasteiger partial charge in [0.1, 0.15) is 11.6 Å². The maximum absolute atomic E-state index is 12.4. The van der Waals surface area contributed by atoms with Crippen molar-refractivity contribution in [2.45, 2.75) is 6.92 Å². The monoisotopic (exact) mass is 286 g/mol. The lowest BCUT2D eigenvalue weighted by atomic mass is 10.0. The molecule has 0 radical (unpaired) electrons. The summed E-state index contributed by atoms with van der Waals surface area (Å²) in [5, 5.41) is 3.09. The Morgan fingerprint density at radius 3 is 2.81 bits per heavy atom. The molecule has 0 aliphatic carbocycles. The first-order valence-corrected chi connectivity index (χ1v) is 6.57. The van der Waals surface area contributed by atoms with Crippen LogP contribution in [-0.4, -0.2) is 36.0 Å². The lowest BCUT2D eigenvalue weighted by Crippen LogP contribution is -2.10. The van der Waals surface area contributed by atoms with Crippen LogP contribution in [0.3, 0.4) is 0 Å². The van der Waals surface area contributed by atoms with E-state index < -0.39 is 0 Å². The molecular weight excluding hydrogens is 268 g/mol. The van der Waals surface area contributed by atoms with E-state index in [2.05, 4.69) is 15.3 Å². The lowest BCUT2D eigenvalue weighted by molar-refractivity contribution is 0.103. The number of anilines is 2. The summed E-state index contributed by atoms with van der Waals surface area (Å²) in [6.07, 6.45) is 3.16. The summed E-state index contributed by atoms with van der Waals surface area (Å²) >= 11 is 0. The number of aromatic nitrogens is 2. The number of carbonyl (C=O) groups is 1. The Morgan fingerprint density at radius 2 is 2.14 bits per heavy atom. The number of ketones is 1. The van der Waals surface area contributed by atoms with Crippen molar-refractivity contribution in [2.75, 3.05) is 31.3 Å². The van der Waals surface area contributed by atoms with Gasteiger partial charge in [-0.1, -0.05) is 0 Å². The number of carbonyl (C=O) groups excluding carboxylic acids is 1. The number of hydrogen-bond acceptors (Lipinski definition) is 6. The van der Waals surface area contributed by atoms with E-state index in [0.717, 1.165) is 5.56 Å². The first-order valence-electron chi connectivity index (χ1n) is 6.57. The molecule has 110 valence electrons. The van der Waals surface area contributed by atoms with E-state index in [4.69, 9.17) is 10.5 Å². The molecule has 21 heavy (non-hydrogen) atoms. The minimum absolute atomic E-state index is 0.181. The van der Waals surface area contributed by atoms with Gasteiger partial charge in [0.25, 0.3) is 0 Å². The molecule has 2 rings (SSSR count). The zero-order valence-electron chi connectivity index (χ0n) is 12.1. The number of nitrogens with two attached hydrogens (primary N) is 1. The SMILES string of the molecule is COCCNc1ccc(C(=O)c2cc(C)cnc2N)cn1. The highest BCUT2D eigenvalue weighted by Crippen LogP contribution is 2.16. The van der Waals surface area contributed by atoms with E-state index in [1.165, 1.54) is 6.20 Å². The molecule has 6 nitrogen and oxygen atoms in total. The van der Waals surface area contributed by atoms with Crippen molar-refractivity contribution >= 4 is 17.4 Å². The fraction of sp³-hybridized carbons (Fsp3) is 0.267. The number of ether oxygens (including phenoxy) is 1. The predicted octanol–water partition coefficient (Wildman–Crippen LogP) is 1.66. The van der Waals surface area contributed by atoms with Gasteiger partial charge in [-0.2, -0.15) is 0 Å². The molecule has 0 amide bonds. The lowest BCUT2D eigenvalue weighted by Gasteiger charge is -2.07. The molecule has 0 aliphatic rings. The molecule has 0 unspecified atom stereocenters. The van der Waals surface area contributed by atoms with E-state index in [-0.39, 0.29) is 11.6 Å². The third kappa shape index (κ3) is 3.76. The van der Waals surface area contributed by atoms with Gasteiger partial charge in [0, 0.05) is 31.6 Å². The second-order valence-electron chi connectivity index (χ2n) is 4.63. The Morgan fingerprint density at radius 1 is 1.33 bits per heavy atom. The van der Waals surface area contributed by atoms with E-state index in [0.29, 0.717) is 30.1 Å². The first kappa shape index (κ1) is 14.9. The quantitative estimate of drug-likeness (QED) is 0.620. The zero-order valence-corrected chi connectivity index (χ0v) is 12.1. The fourth-order valence-electron chi connectivity index (χ4n) is 1.83. The highest BCUT2D eigenvalue weighted by atomic mass is 16.5. The highest BCUT2D eigenvalue weighted by Gasteiger charge is 2.14. The van der Waals surface area contributed by atoms with E-state index in [9.17, 15) is 4.79 Å². The normalized spacial score (nSPS) is 10.4. The van der Waals surface area contributed by atoms with E-state index >= 15 is 0 Å². The van der Waals surface area contributed by atoms with Crippen LogP contribution in [0.15, 0.2) is 30.6 Å². The highest BCUT2D eigenvalue weighted by molar-refractivity contribution is 6.11. The van der Waals surface area contributed by atoms with Crippen molar-refractivity contribution in [1.29, 1.82) is 0 Å². The van der Waals surface area contributed by atoms with Gasteiger partial charge in [-0.3, -0.25) is 4.79 Å². The van der Waals surface area contributed by atoms with Gasteiger partial charge in [0.05, 0.1) is 12.2 Å². The zero-order chi connectivity index (χ0) is 15.2. The maximum atomic E-state index is 12.4. The van der Waals surface area contributed by atoms with Gasteiger partial charge in [-0.05, 0) is 30.7 Å². The first-order chi connectivity index (χ1) is 10.1.